The Bertz CT molecular complexity index is 645. The van der Waals surface area contributed by atoms with Crippen LogP contribution in [0.4, 0.5) is 13.2 Å². The Kier molecular flexibility index (Phi) is 4.35. The fourth-order valence-corrected chi connectivity index (χ4v) is 2.07. The van der Waals surface area contributed by atoms with Gasteiger partial charge in [0.2, 0.25) is 5.82 Å². The molecule has 0 aliphatic rings. The van der Waals surface area contributed by atoms with Gasteiger partial charge in [-0.1, -0.05) is 15.9 Å². The van der Waals surface area contributed by atoms with Crippen LogP contribution in [0.1, 0.15) is 18.6 Å². The molecular formula is C14H10BrF3O2. The van der Waals surface area contributed by atoms with Gasteiger partial charge in [-0.05, 0) is 37.3 Å². The zero-order valence-corrected chi connectivity index (χ0v) is 11.9. The minimum Gasteiger partial charge on any atom is -0.454 e. The molecule has 0 heterocycles. The minimum atomic E-state index is -1.16. The van der Waals surface area contributed by atoms with Crippen LogP contribution in [0.3, 0.4) is 0 Å². The third-order valence-electron chi connectivity index (χ3n) is 2.60. The lowest BCUT2D eigenvalue weighted by Gasteiger charge is -2.14. The molecular weight excluding hydrogens is 337 g/mol. The lowest BCUT2D eigenvalue weighted by molar-refractivity contribution is 0.195. The third-order valence-corrected chi connectivity index (χ3v) is 3.06. The van der Waals surface area contributed by atoms with Crippen molar-refractivity contribution in [2.75, 3.05) is 0 Å². The van der Waals surface area contributed by atoms with Crippen LogP contribution in [0.2, 0.25) is 0 Å². The van der Waals surface area contributed by atoms with Gasteiger partial charge in [0, 0.05) is 10.0 Å². The molecule has 0 fully saturated rings. The van der Waals surface area contributed by atoms with Gasteiger partial charge in [0.05, 0.1) is 6.10 Å². The molecule has 2 rings (SSSR count). The van der Waals surface area contributed by atoms with Gasteiger partial charge in [-0.2, -0.15) is 4.39 Å². The van der Waals surface area contributed by atoms with Crippen molar-refractivity contribution in [2.45, 2.75) is 13.0 Å². The fraction of sp³-hybridized carbons (Fsp3) is 0.143. The van der Waals surface area contributed by atoms with Crippen molar-refractivity contribution in [3.8, 4) is 11.5 Å². The Morgan fingerprint density at radius 1 is 1.10 bits per heavy atom. The Balaban J connectivity index is 2.45. The molecule has 0 bridgehead atoms. The second-order valence-corrected chi connectivity index (χ2v) is 5.08. The molecule has 1 atom stereocenters. The molecule has 0 saturated carbocycles. The summed E-state index contributed by atoms with van der Waals surface area (Å²) in [7, 11) is 0. The quantitative estimate of drug-likeness (QED) is 0.815. The first kappa shape index (κ1) is 14.9. The van der Waals surface area contributed by atoms with Crippen LogP contribution in [0.15, 0.2) is 34.8 Å². The summed E-state index contributed by atoms with van der Waals surface area (Å²) in [5.74, 6) is -3.10. The second kappa shape index (κ2) is 5.85. The molecule has 0 unspecified atom stereocenters. The van der Waals surface area contributed by atoms with Crippen LogP contribution < -0.4 is 4.74 Å². The van der Waals surface area contributed by atoms with Crippen molar-refractivity contribution in [3.63, 3.8) is 0 Å². The van der Waals surface area contributed by atoms with Crippen molar-refractivity contribution in [1.82, 2.24) is 0 Å². The zero-order valence-electron chi connectivity index (χ0n) is 10.3. The standard InChI is InChI=1S/C14H10BrF3O2/c1-7(19)10-6-9(16)2-3-12(10)20-13-5-8(15)4-11(17)14(13)18/h2-7,19H,1H3/t7-/m1/s1. The normalized spacial score (nSPS) is 12.3. The molecule has 0 aliphatic heterocycles. The highest BCUT2D eigenvalue weighted by Gasteiger charge is 2.16. The largest absolute Gasteiger partial charge is 0.454 e. The van der Waals surface area contributed by atoms with Crippen LogP contribution >= 0.6 is 15.9 Å². The van der Waals surface area contributed by atoms with Crippen LogP contribution in [-0.4, -0.2) is 5.11 Å². The van der Waals surface area contributed by atoms with Gasteiger partial charge in [-0.3, -0.25) is 0 Å². The topological polar surface area (TPSA) is 29.5 Å². The molecule has 20 heavy (non-hydrogen) atoms. The van der Waals surface area contributed by atoms with Crippen LogP contribution in [0.5, 0.6) is 11.5 Å². The lowest BCUT2D eigenvalue weighted by atomic mass is 10.1. The molecule has 2 aromatic carbocycles. The number of benzene rings is 2. The average molecular weight is 347 g/mol. The number of rotatable bonds is 3. The van der Waals surface area contributed by atoms with Gasteiger partial charge in [0.25, 0.3) is 0 Å². The SMILES string of the molecule is C[C@@H](O)c1cc(F)ccc1Oc1cc(Br)cc(F)c1F. The van der Waals surface area contributed by atoms with E-state index < -0.39 is 23.6 Å². The van der Waals surface area contributed by atoms with Crippen molar-refractivity contribution in [1.29, 1.82) is 0 Å². The predicted molar refractivity (Wildman–Crippen MR) is 71.2 cm³/mol. The summed E-state index contributed by atoms with van der Waals surface area (Å²) >= 11 is 3.02. The molecule has 0 radical (unpaired) electrons. The van der Waals surface area contributed by atoms with E-state index in [1.54, 1.807) is 0 Å². The Hall–Kier alpha value is -1.53. The summed E-state index contributed by atoms with van der Waals surface area (Å²) in [4.78, 5) is 0. The third kappa shape index (κ3) is 3.13. The Morgan fingerprint density at radius 3 is 2.45 bits per heavy atom. The van der Waals surface area contributed by atoms with E-state index in [-0.39, 0.29) is 17.1 Å². The average Bonchev–Trinajstić information content (AvgIpc) is 2.37. The summed E-state index contributed by atoms with van der Waals surface area (Å²) < 4.78 is 45.6. The Labute approximate surface area is 121 Å². The molecule has 106 valence electrons. The number of hydrogen-bond acceptors (Lipinski definition) is 2. The number of halogens is 4. The van der Waals surface area contributed by atoms with Gasteiger partial charge >= 0.3 is 0 Å². The summed E-state index contributed by atoms with van der Waals surface area (Å²) in [6, 6.07) is 5.63. The van der Waals surface area contributed by atoms with Crippen molar-refractivity contribution in [3.05, 3.63) is 57.8 Å². The predicted octanol–water partition coefficient (Wildman–Crippen LogP) is 4.71. The monoisotopic (exact) mass is 346 g/mol. The van der Waals surface area contributed by atoms with Gasteiger partial charge in [0.1, 0.15) is 11.6 Å². The van der Waals surface area contributed by atoms with Gasteiger partial charge in [0.15, 0.2) is 11.6 Å². The molecule has 0 aromatic heterocycles. The van der Waals surface area contributed by atoms with E-state index in [4.69, 9.17) is 4.74 Å². The summed E-state index contributed by atoms with van der Waals surface area (Å²) in [6.07, 6.45) is -1.01. The fourth-order valence-electron chi connectivity index (χ4n) is 1.66. The second-order valence-electron chi connectivity index (χ2n) is 4.16. The molecule has 2 nitrogen and oxygen atoms in total. The van der Waals surface area contributed by atoms with Crippen LogP contribution in [0, 0.1) is 17.5 Å². The molecule has 0 amide bonds. The van der Waals surface area contributed by atoms with E-state index in [0.717, 1.165) is 18.2 Å². The summed E-state index contributed by atoms with van der Waals surface area (Å²) in [5.41, 5.74) is 0.143. The zero-order chi connectivity index (χ0) is 14.9. The van der Waals surface area contributed by atoms with Crippen LogP contribution in [-0.2, 0) is 0 Å². The van der Waals surface area contributed by atoms with Gasteiger partial charge < -0.3 is 9.84 Å². The van der Waals surface area contributed by atoms with Crippen molar-refractivity contribution < 1.29 is 23.0 Å². The molecule has 0 spiro atoms. The van der Waals surface area contributed by atoms with E-state index in [2.05, 4.69) is 15.9 Å². The maximum Gasteiger partial charge on any atom is 0.201 e. The first-order chi connectivity index (χ1) is 9.38. The maximum atomic E-state index is 13.6. The highest BCUT2D eigenvalue weighted by Crippen LogP contribution is 2.33. The van der Waals surface area contributed by atoms with E-state index in [9.17, 15) is 18.3 Å². The van der Waals surface area contributed by atoms with Gasteiger partial charge in [-0.25, -0.2) is 8.78 Å². The molecule has 1 N–H and O–H groups in total. The maximum absolute atomic E-state index is 13.6. The first-order valence-electron chi connectivity index (χ1n) is 5.68. The van der Waals surface area contributed by atoms with E-state index in [1.165, 1.54) is 19.1 Å². The van der Waals surface area contributed by atoms with Crippen molar-refractivity contribution in [2.24, 2.45) is 0 Å². The summed E-state index contributed by atoms with van der Waals surface area (Å²) in [6.45, 7) is 1.42. The molecule has 2 aromatic rings. The van der Waals surface area contributed by atoms with Crippen molar-refractivity contribution >= 4 is 15.9 Å². The Morgan fingerprint density at radius 2 is 1.80 bits per heavy atom. The molecule has 0 saturated heterocycles. The smallest absolute Gasteiger partial charge is 0.201 e. The number of ether oxygens (including phenoxy) is 1. The number of hydrogen-bond donors (Lipinski definition) is 1. The first-order valence-corrected chi connectivity index (χ1v) is 6.47. The van der Waals surface area contributed by atoms with E-state index >= 15 is 0 Å². The minimum absolute atomic E-state index is 0.0535. The van der Waals surface area contributed by atoms with Gasteiger partial charge in [-0.15, -0.1) is 0 Å². The molecule has 0 aliphatic carbocycles. The summed E-state index contributed by atoms with van der Waals surface area (Å²) in [5, 5.41) is 9.56. The van der Waals surface area contributed by atoms with E-state index in [1.807, 2.05) is 0 Å². The highest BCUT2D eigenvalue weighted by molar-refractivity contribution is 9.10. The molecule has 6 heteroatoms. The van der Waals surface area contributed by atoms with E-state index in [0.29, 0.717) is 4.47 Å². The number of aliphatic hydroxyl groups excluding tert-OH is 1. The lowest BCUT2D eigenvalue weighted by Crippen LogP contribution is -1.99. The van der Waals surface area contributed by atoms with Crippen LogP contribution in [0.25, 0.3) is 0 Å². The number of aliphatic hydroxyl groups is 1. The highest BCUT2D eigenvalue weighted by atomic mass is 79.9.